The maximum atomic E-state index is 15.2. The van der Waals surface area contributed by atoms with Gasteiger partial charge in [0.15, 0.2) is 22.8 Å². The zero-order valence-corrected chi connectivity index (χ0v) is 22.9. The number of alkyl halides is 3. The molecule has 0 N–H and O–H groups in total. The van der Waals surface area contributed by atoms with Crippen LogP contribution >= 0.6 is 12.6 Å². The van der Waals surface area contributed by atoms with Crippen molar-refractivity contribution in [3.63, 3.8) is 0 Å². The van der Waals surface area contributed by atoms with Gasteiger partial charge in [0.2, 0.25) is 0 Å². The number of benzene rings is 1. The van der Waals surface area contributed by atoms with Gasteiger partial charge in [-0.3, -0.25) is 9.69 Å². The minimum atomic E-state index is -4.83. The average molecular weight is 579 g/mol. The van der Waals surface area contributed by atoms with Crippen molar-refractivity contribution in [2.45, 2.75) is 42.9 Å². The molecule has 40 heavy (non-hydrogen) atoms. The van der Waals surface area contributed by atoms with Crippen molar-refractivity contribution in [3.8, 4) is 11.8 Å². The molecule has 2 aromatic rings. The molecule has 1 saturated carbocycles. The third-order valence-corrected chi connectivity index (χ3v) is 8.41. The Balaban J connectivity index is 1.33. The number of nitrogens with zero attached hydrogens (tertiary/aromatic N) is 6. The standard InChI is InChI=1S/C27H30F4N6O2S/c1-34-9-11-35(12-10-34)8-3-13-39-23-5-4-18(15-21(23)28)37-25(40)36(24(38)26(37)6-2-7-26)19-14-20(27(29,30)31)22(16-32)33-17-19/h4-5,14-15,17,25,40H,2-3,6-13H2,1H3. The molecule has 13 heteroatoms. The Morgan fingerprint density at radius 1 is 1.18 bits per heavy atom. The number of rotatable bonds is 7. The zero-order valence-electron chi connectivity index (χ0n) is 22.0. The Morgan fingerprint density at radius 2 is 1.90 bits per heavy atom. The lowest BCUT2D eigenvalue weighted by Crippen LogP contribution is -2.55. The van der Waals surface area contributed by atoms with Crippen LogP contribution in [0.4, 0.5) is 28.9 Å². The second-order valence-corrected chi connectivity index (χ2v) is 10.9. The van der Waals surface area contributed by atoms with Crippen molar-refractivity contribution in [1.82, 2.24) is 14.8 Å². The highest BCUT2D eigenvalue weighted by Gasteiger charge is 2.60. The number of pyridine rings is 1. The summed E-state index contributed by atoms with van der Waals surface area (Å²) in [6.45, 7) is 5.24. The molecule has 0 bridgehead atoms. The van der Waals surface area contributed by atoms with Gasteiger partial charge in [0, 0.05) is 44.5 Å². The molecule has 2 aliphatic heterocycles. The lowest BCUT2D eigenvalue weighted by molar-refractivity contribution is -0.138. The van der Waals surface area contributed by atoms with Gasteiger partial charge in [0.1, 0.15) is 11.6 Å². The number of hydrogen-bond acceptors (Lipinski definition) is 8. The first kappa shape index (κ1) is 28.4. The quantitative estimate of drug-likeness (QED) is 0.301. The molecule has 1 aromatic heterocycles. The lowest BCUT2D eigenvalue weighted by atomic mass is 9.75. The number of halogens is 4. The first-order valence-corrected chi connectivity index (χ1v) is 13.7. The normalized spacial score (nSPS) is 21.5. The number of ether oxygens (including phenoxy) is 1. The Kier molecular flexibility index (Phi) is 7.87. The number of likely N-dealkylation sites (N-methyl/N-ethyl adjacent to an activating group) is 1. The Bertz CT molecular complexity index is 1310. The van der Waals surface area contributed by atoms with Crippen molar-refractivity contribution >= 4 is 29.9 Å². The molecule has 1 spiro atoms. The van der Waals surface area contributed by atoms with Gasteiger partial charge >= 0.3 is 6.18 Å². The number of nitriles is 1. The Morgan fingerprint density at radius 3 is 2.50 bits per heavy atom. The van der Waals surface area contributed by atoms with E-state index in [1.54, 1.807) is 11.0 Å². The monoisotopic (exact) mass is 578 g/mol. The molecule has 1 aliphatic carbocycles. The maximum absolute atomic E-state index is 15.2. The van der Waals surface area contributed by atoms with Gasteiger partial charge in [-0.2, -0.15) is 18.4 Å². The number of anilines is 2. The van der Waals surface area contributed by atoms with Crippen molar-refractivity contribution in [1.29, 1.82) is 5.26 Å². The van der Waals surface area contributed by atoms with E-state index < -0.39 is 40.2 Å². The van der Waals surface area contributed by atoms with Crippen molar-refractivity contribution in [2.24, 2.45) is 0 Å². The van der Waals surface area contributed by atoms with Crippen LogP contribution in [-0.4, -0.2) is 78.1 Å². The van der Waals surface area contributed by atoms with E-state index in [-0.39, 0.29) is 11.4 Å². The topological polar surface area (TPSA) is 75.9 Å². The highest BCUT2D eigenvalue weighted by molar-refractivity contribution is 7.81. The van der Waals surface area contributed by atoms with Crippen molar-refractivity contribution in [3.05, 3.63) is 47.5 Å². The van der Waals surface area contributed by atoms with Crippen LogP contribution in [0.2, 0.25) is 0 Å². The molecule has 3 heterocycles. The summed E-state index contributed by atoms with van der Waals surface area (Å²) in [6.07, 6.45) is -1.40. The summed E-state index contributed by atoms with van der Waals surface area (Å²) in [7, 11) is 2.10. The van der Waals surface area contributed by atoms with Crippen LogP contribution < -0.4 is 14.5 Å². The highest BCUT2D eigenvalue weighted by Crippen LogP contribution is 2.50. The molecule has 1 atom stereocenters. The third kappa shape index (κ3) is 5.20. The van der Waals surface area contributed by atoms with E-state index in [0.29, 0.717) is 25.1 Å². The van der Waals surface area contributed by atoms with E-state index in [9.17, 15) is 18.0 Å². The smallest absolute Gasteiger partial charge is 0.419 e. The predicted molar refractivity (Wildman–Crippen MR) is 144 cm³/mol. The zero-order chi connectivity index (χ0) is 28.7. The summed E-state index contributed by atoms with van der Waals surface area (Å²) in [5.74, 6) is -0.950. The van der Waals surface area contributed by atoms with Crippen molar-refractivity contribution < 1.29 is 27.1 Å². The van der Waals surface area contributed by atoms with Gasteiger partial charge in [0.05, 0.1) is 24.1 Å². The molecule has 3 aliphatic rings. The van der Waals surface area contributed by atoms with Gasteiger partial charge < -0.3 is 19.4 Å². The summed E-state index contributed by atoms with van der Waals surface area (Å²) < 4.78 is 61.6. The van der Waals surface area contributed by atoms with Crippen molar-refractivity contribution in [2.75, 3.05) is 56.2 Å². The minimum Gasteiger partial charge on any atom is -0.490 e. The van der Waals surface area contributed by atoms with Crippen LogP contribution in [0, 0.1) is 17.1 Å². The first-order valence-electron chi connectivity index (χ1n) is 13.2. The molecule has 214 valence electrons. The van der Waals surface area contributed by atoms with Crippen LogP contribution in [0.1, 0.15) is 36.9 Å². The average Bonchev–Trinajstić information content (AvgIpc) is 3.14. The molecular weight excluding hydrogens is 548 g/mol. The highest BCUT2D eigenvalue weighted by atomic mass is 32.1. The molecule has 2 saturated heterocycles. The third-order valence-electron chi connectivity index (χ3n) is 7.95. The van der Waals surface area contributed by atoms with E-state index in [2.05, 4.69) is 34.5 Å². The van der Waals surface area contributed by atoms with E-state index in [1.165, 1.54) is 18.2 Å². The van der Waals surface area contributed by atoms with E-state index >= 15 is 4.39 Å². The fourth-order valence-corrected chi connectivity index (χ4v) is 6.15. The van der Waals surface area contributed by atoms with E-state index in [1.807, 2.05) is 0 Å². The second-order valence-electron chi connectivity index (χ2n) is 10.4. The van der Waals surface area contributed by atoms with Gasteiger partial charge in [-0.05, 0) is 50.9 Å². The Hall–Kier alpha value is -3.08. The molecule has 1 aromatic carbocycles. The molecular formula is C27H30F4N6O2S. The number of aromatic nitrogens is 1. The van der Waals surface area contributed by atoms with E-state index in [0.717, 1.165) is 62.7 Å². The first-order chi connectivity index (χ1) is 19.0. The fraction of sp³-hybridized carbons (Fsp3) is 0.519. The number of amides is 1. The van der Waals surface area contributed by atoms with Crippen LogP contribution in [0.3, 0.4) is 0 Å². The summed E-state index contributed by atoms with van der Waals surface area (Å²) in [5.41, 5.74) is -3.85. The molecule has 1 unspecified atom stereocenters. The van der Waals surface area contributed by atoms with Gasteiger partial charge in [0.25, 0.3) is 5.91 Å². The van der Waals surface area contributed by atoms with Gasteiger partial charge in [-0.15, -0.1) is 12.6 Å². The van der Waals surface area contributed by atoms with Gasteiger partial charge in [-0.1, -0.05) is 0 Å². The lowest BCUT2D eigenvalue weighted by Gasteiger charge is -2.44. The van der Waals surface area contributed by atoms with Crippen LogP contribution in [0.25, 0.3) is 0 Å². The van der Waals surface area contributed by atoms with Crippen LogP contribution in [-0.2, 0) is 11.0 Å². The number of piperazine rings is 1. The number of thiol groups is 1. The fourth-order valence-electron chi connectivity index (χ4n) is 5.56. The molecule has 5 rings (SSSR count). The predicted octanol–water partition coefficient (Wildman–Crippen LogP) is 4.12. The van der Waals surface area contributed by atoms with E-state index in [4.69, 9.17) is 10.00 Å². The van der Waals surface area contributed by atoms with Crippen LogP contribution in [0.5, 0.6) is 5.75 Å². The summed E-state index contributed by atoms with van der Waals surface area (Å²) >= 11 is 4.60. The molecule has 3 fully saturated rings. The molecule has 0 radical (unpaired) electrons. The largest absolute Gasteiger partial charge is 0.490 e. The molecule has 8 nitrogen and oxygen atoms in total. The number of hydrogen-bond donors (Lipinski definition) is 1. The summed E-state index contributed by atoms with van der Waals surface area (Å²) in [4.78, 5) is 24.7. The second kappa shape index (κ2) is 11.1. The number of carbonyl (C=O) groups is 1. The SMILES string of the molecule is CN1CCN(CCCOc2ccc(N3C(S)N(c4cnc(C#N)c(C(F)(F)F)c4)C(=O)C34CCC4)cc2F)CC1. The Labute approximate surface area is 235 Å². The summed E-state index contributed by atoms with van der Waals surface area (Å²) in [6, 6.07) is 6.59. The summed E-state index contributed by atoms with van der Waals surface area (Å²) in [5, 5.41) is 9.08. The minimum absolute atomic E-state index is 0.0917. The van der Waals surface area contributed by atoms with Crippen LogP contribution in [0.15, 0.2) is 30.5 Å². The maximum Gasteiger partial charge on any atom is 0.419 e. The molecule has 1 amide bonds. The van der Waals surface area contributed by atoms with Gasteiger partial charge in [-0.25, -0.2) is 9.37 Å². The number of carbonyl (C=O) groups excluding carboxylic acids is 1.